The van der Waals surface area contributed by atoms with Crippen LogP contribution in [0.2, 0.25) is 0 Å². The number of nitrogens with two attached hydrogens (primary N) is 2. The van der Waals surface area contributed by atoms with E-state index in [0.717, 1.165) is 60.9 Å². The summed E-state index contributed by atoms with van der Waals surface area (Å²) in [6, 6.07) is 9.93. The molecular formula is C34H56N8O3. The van der Waals surface area contributed by atoms with E-state index >= 15 is 0 Å². The number of aromatic amines is 1. The van der Waals surface area contributed by atoms with Crippen LogP contribution in [0, 0.1) is 11.3 Å². The third-order valence-electron chi connectivity index (χ3n) is 8.18. The van der Waals surface area contributed by atoms with Crippen LogP contribution >= 0.6 is 0 Å². The van der Waals surface area contributed by atoms with Gasteiger partial charge < -0.3 is 36.5 Å². The molecule has 0 saturated carbocycles. The standard InChI is InChI=1S/C21H29N7O.C13H27NO2/c1-21(2,3)17-11-15-13-28(20(29)27-18(15)26-17)16-7-5-14(6-8-16)12-24-9-4-10-25-19(22)23;1-13(2,3)12-5-4-6-14(11-12)7-9-16-10-8-15/h5-8,11,13,24H,4,9-10,12H2,1-3H3,(H4,22,23,25)(H,26,27,29);12,15H,4-11H2,1-3H3. The number of ether oxygens (including phenoxy) is 1. The Labute approximate surface area is 268 Å². The SMILES string of the molecule is CC(C)(C)C1CCCN(CCOCCO)C1.CC(C)(C)c1cc2cn(-c3ccc(CNCCCN=C(N)N)cc3)c(=O)nc2[nH]1. The quantitative estimate of drug-likeness (QED) is 0.116. The first kappa shape index (κ1) is 36.2. The van der Waals surface area contributed by atoms with E-state index in [1.54, 1.807) is 4.57 Å². The molecule has 0 bridgehead atoms. The Morgan fingerprint density at radius 2 is 1.89 bits per heavy atom. The molecule has 0 spiro atoms. The van der Waals surface area contributed by atoms with Gasteiger partial charge >= 0.3 is 5.69 Å². The maximum atomic E-state index is 12.5. The number of benzene rings is 1. The zero-order valence-corrected chi connectivity index (χ0v) is 28.2. The molecule has 7 N–H and O–H groups in total. The lowest BCUT2D eigenvalue weighted by Crippen LogP contribution is -2.42. The minimum absolute atomic E-state index is 0.0352. The first-order chi connectivity index (χ1) is 21.3. The number of guanidine groups is 1. The Morgan fingerprint density at radius 3 is 2.53 bits per heavy atom. The molecule has 1 fully saturated rings. The molecule has 0 amide bonds. The molecule has 11 nitrogen and oxygen atoms in total. The molecular weight excluding hydrogens is 568 g/mol. The average Bonchev–Trinajstić information content (AvgIpc) is 3.41. The van der Waals surface area contributed by atoms with E-state index in [2.05, 4.69) is 72.8 Å². The van der Waals surface area contributed by atoms with E-state index < -0.39 is 0 Å². The molecule has 1 aromatic carbocycles. The van der Waals surface area contributed by atoms with Gasteiger partial charge in [0.25, 0.3) is 0 Å². The number of H-pyrrole nitrogens is 1. The topological polar surface area (TPSA) is 160 Å². The van der Waals surface area contributed by atoms with Crippen LogP contribution in [0.4, 0.5) is 0 Å². The Morgan fingerprint density at radius 1 is 1.16 bits per heavy atom. The number of aliphatic hydroxyl groups excluding tert-OH is 1. The van der Waals surface area contributed by atoms with Gasteiger partial charge in [-0.2, -0.15) is 4.98 Å². The van der Waals surface area contributed by atoms with Crippen molar-refractivity contribution in [3.63, 3.8) is 0 Å². The number of nitrogens with zero attached hydrogens (tertiary/aromatic N) is 4. The molecule has 0 radical (unpaired) electrons. The summed E-state index contributed by atoms with van der Waals surface area (Å²) in [5.41, 5.74) is 14.3. The third-order valence-corrected chi connectivity index (χ3v) is 8.18. The van der Waals surface area contributed by atoms with Crippen molar-refractivity contribution < 1.29 is 9.84 Å². The second-order valence-electron chi connectivity index (χ2n) is 14.0. The van der Waals surface area contributed by atoms with Gasteiger partial charge in [0, 0.05) is 48.9 Å². The molecule has 1 saturated heterocycles. The largest absolute Gasteiger partial charge is 0.394 e. The van der Waals surface area contributed by atoms with Crippen molar-refractivity contribution in [2.24, 2.45) is 27.8 Å². The third kappa shape index (κ3) is 11.9. The first-order valence-electron chi connectivity index (χ1n) is 16.2. The fraction of sp³-hybridized carbons (Fsp3) is 0.618. The van der Waals surface area contributed by atoms with Crippen LogP contribution in [0.15, 0.2) is 46.3 Å². The fourth-order valence-electron chi connectivity index (χ4n) is 5.33. The molecule has 1 aliphatic rings. The van der Waals surface area contributed by atoms with Gasteiger partial charge in [0.05, 0.1) is 25.5 Å². The maximum Gasteiger partial charge on any atom is 0.354 e. The van der Waals surface area contributed by atoms with Crippen molar-refractivity contribution in [3.05, 3.63) is 58.3 Å². The van der Waals surface area contributed by atoms with Crippen LogP contribution in [-0.2, 0) is 16.7 Å². The Kier molecular flexibility index (Phi) is 13.6. The number of hydrogen-bond donors (Lipinski definition) is 5. The molecule has 3 heterocycles. The van der Waals surface area contributed by atoms with E-state index in [1.165, 1.54) is 25.9 Å². The highest BCUT2D eigenvalue weighted by atomic mass is 16.5. The summed E-state index contributed by atoms with van der Waals surface area (Å²) in [6.07, 6.45) is 5.37. The summed E-state index contributed by atoms with van der Waals surface area (Å²) in [7, 11) is 0. The average molecular weight is 625 g/mol. The highest BCUT2D eigenvalue weighted by Crippen LogP contribution is 2.33. The summed E-state index contributed by atoms with van der Waals surface area (Å²) in [6.45, 7) is 20.3. The maximum absolute atomic E-state index is 12.5. The number of likely N-dealkylation sites (tertiary alicyclic amines) is 1. The number of aliphatic hydroxyl groups is 1. The zero-order chi connectivity index (χ0) is 33.0. The molecule has 1 unspecified atom stereocenters. The second-order valence-corrected chi connectivity index (χ2v) is 14.0. The van der Waals surface area contributed by atoms with Crippen molar-refractivity contribution in [1.82, 2.24) is 24.8 Å². The minimum Gasteiger partial charge on any atom is -0.394 e. The van der Waals surface area contributed by atoms with Gasteiger partial charge in [-0.05, 0) is 67.4 Å². The monoisotopic (exact) mass is 624 g/mol. The van der Waals surface area contributed by atoms with Crippen LogP contribution in [0.1, 0.15) is 72.1 Å². The van der Waals surface area contributed by atoms with Gasteiger partial charge in [0.15, 0.2) is 5.96 Å². The second kappa shape index (κ2) is 16.9. The van der Waals surface area contributed by atoms with Crippen LogP contribution in [0.3, 0.4) is 0 Å². The summed E-state index contributed by atoms with van der Waals surface area (Å²) >= 11 is 0. The van der Waals surface area contributed by atoms with Crippen molar-refractivity contribution in [1.29, 1.82) is 0 Å². The van der Waals surface area contributed by atoms with Crippen LogP contribution in [0.25, 0.3) is 16.7 Å². The lowest BCUT2D eigenvalue weighted by Gasteiger charge is -2.39. The molecule has 1 aliphatic heterocycles. The van der Waals surface area contributed by atoms with Gasteiger partial charge in [-0.1, -0.05) is 53.7 Å². The molecule has 3 aromatic rings. The summed E-state index contributed by atoms with van der Waals surface area (Å²) in [5, 5.41) is 12.9. The number of rotatable bonds is 12. The number of fused-ring (bicyclic) bond motifs is 1. The predicted octanol–water partition coefficient (Wildman–Crippen LogP) is 3.52. The Hall–Kier alpha value is -3.25. The predicted molar refractivity (Wildman–Crippen MR) is 184 cm³/mol. The summed E-state index contributed by atoms with van der Waals surface area (Å²) in [4.78, 5) is 26.4. The highest BCUT2D eigenvalue weighted by molar-refractivity contribution is 5.76. The Balaban J connectivity index is 0.000000292. The molecule has 1 atom stereocenters. The van der Waals surface area contributed by atoms with Crippen molar-refractivity contribution in [3.8, 4) is 5.69 Å². The van der Waals surface area contributed by atoms with Crippen molar-refractivity contribution in [2.75, 3.05) is 52.5 Å². The zero-order valence-electron chi connectivity index (χ0n) is 28.2. The van der Waals surface area contributed by atoms with E-state index in [4.69, 9.17) is 21.3 Å². The first-order valence-corrected chi connectivity index (χ1v) is 16.2. The fourth-order valence-corrected chi connectivity index (χ4v) is 5.33. The minimum atomic E-state index is -0.301. The van der Waals surface area contributed by atoms with E-state index in [-0.39, 0.29) is 23.7 Å². The van der Waals surface area contributed by atoms with Crippen LogP contribution < -0.4 is 22.5 Å². The molecule has 2 aromatic heterocycles. The number of aliphatic imine (C=N–C) groups is 1. The number of nitrogens with one attached hydrogen (secondary N) is 2. The molecule has 11 heteroatoms. The molecule has 45 heavy (non-hydrogen) atoms. The number of aromatic nitrogens is 3. The van der Waals surface area contributed by atoms with E-state index in [9.17, 15) is 4.79 Å². The lowest BCUT2D eigenvalue weighted by molar-refractivity contribution is 0.0470. The molecule has 250 valence electrons. The normalized spacial score (nSPS) is 15.9. The van der Waals surface area contributed by atoms with Gasteiger partial charge in [0.2, 0.25) is 0 Å². The number of piperidine rings is 1. The summed E-state index contributed by atoms with van der Waals surface area (Å²) < 4.78 is 6.89. The number of hydrogen-bond acceptors (Lipinski definition) is 7. The Bertz CT molecular complexity index is 1400. The van der Waals surface area contributed by atoms with Crippen molar-refractivity contribution in [2.45, 2.75) is 72.8 Å². The van der Waals surface area contributed by atoms with Crippen LogP contribution in [-0.4, -0.2) is 83.0 Å². The van der Waals surface area contributed by atoms with Gasteiger partial charge in [-0.15, -0.1) is 0 Å². The lowest BCUT2D eigenvalue weighted by atomic mass is 9.76. The van der Waals surface area contributed by atoms with E-state index in [1.807, 2.05) is 30.5 Å². The van der Waals surface area contributed by atoms with Gasteiger partial charge in [-0.25, -0.2) is 4.79 Å². The van der Waals surface area contributed by atoms with Gasteiger partial charge in [-0.3, -0.25) is 9.56 Å². The molecule has 4 rings (SSSR count). The van der Waals surface area contributed by atoms with Crippen molar-refractivity contribution >= 4 is 17.0 Å². The van der Waals surface area contributed by atoms with Gasteiger partial charge in [0.1, 0.15) is 5.65 Å². The summed E-state index contributed by atoms with van der Waals surface area (Å²) in [5.74, 6) is 0.928. The van der Waals surface area contributed by atoms with Crippen LogP contribution in [0.5, 0.6) is 0 Å². The van der Waals surface area contributed by atoms with E-state index in [0.29, 0.717) is 24.2 Å². The highest BCUT2D eigenvalue weighted by Gasteiger charge is 2.29. The smallest absolute Gasteiger partial charge is 0.354 e. The molecule has 0 aliphatic carbocycles.